The molecule has 0 spiro atoms. The van der Waals surface area contributed by atoms with Gasteiger partial charge in [0.1, 0.15) is 11.6 Å². The van der Waals surface area contributed by atoms with Gasteiger partial charge in [-0.3, -0.25) is 0 Å². The molecule has 0 N–H and O–H groups in total. The quantitative estimate of drug-likeness (QED) is 0.754. The first-order valence-corrected chi connectivity index (χ1v) is 5.46. The summed E-state index contributed by atoms with van der Waals surface area (Å²) in [5, 5.41) is 0. The van der Waals surface area contributed by atoms with E-state index in [1.165, 1.54) is 23.7 Å². The molecular weight excluding hydrogens is 321 g/mol. The lowest BCUT2D eigenvalue weighted by molar-refractivity contribution is 0.584. The summed E-state index contributed by atoms with van der Waals surface area (Å²) in [4.78, 5) is 4.02. The minimum absolute atomic E-state index is 0.359. The lowest BCUT2D eigenvalue weighted by Gasteiger charge is -1.95. The van der Waals surface area contributed by atoms with Crippen molar-refractivity contribution in [2.75, 3.05) is 0 Å². The molecule has 0 saturated heterocycles. The largest absolute Gasteiger partial charge is 0.209 e. The molecule has 0 amide bonds. The van der Waals surface area contributed by atoms with Crippen LogP contribution >= 0.6 is 34.1 Å². The van der Waals surface area contributed by atoms with E-state index < -0.39 is 11.6 Å². The highest BCUT2D eigenvalue weighted by atomic mass is 127. The van der Waals surface area contributed by atoms with Gasteiger partial charge in [0.2, 0.25) is 0 Å². The Morgan fingerprint density at radius 3 is 2.29 bits per heavy atom. The first kappa shape index (κ1) is 9.91. The fraction of sp³-hybridized carbons (Fsp3) is 0. The van der Waals surface area contributed by atoms with Gasteiger partial charge in [-0.15, -0.1) is 0 Å². The second-order valence-corrected chi connectivity index (χ2v) is 5.03. The number of hydrogen-bond acceptors (Lipinski definition) is 3. The van der Waals surface area contributed by atoms with E-state index in [9.17, 15) is 8.78 Å². The summed E-state index contributed by atoms with van der Waals surface area (Å²) in [7, 11) is 0. The molecule has 1 heterocycles. The molecule has 2 aromatic rings. The SMILES string of the molecule is Fc1cc(F)cc(-c2nsc(I)n2)c1. The van der Waals surface area contributed by atoms with Crippen molar-refractivity contribution in [3.05, 3.63) is 32.8 Å². The highest BCUT2D eigenvalue weighted by Crippen LogP contribution is 2.21. The Morgan fingerprint density at radius 2 is 1.79 bits per heavy atom. The zero-order valence-corrected chi connectivity index (χ0v) is 9.64. The van der Waals surface area contributed by atoms with Crippen molar-refractivity contribution in [2.45, 2.75) is 0 Å². The van der Waals surface area contributed by atoms with Crippen molar-refractivity contribution in [1.29, 1.82) is 0 Å². The van der Waals surface area contributed by atoms with Crippen molar-refractivity contribution >= 4 is 34.1 Å². The predicted molar refractivity (Wildman–Crippen MR) is 58.0 cm³/mol. The maximum absolute atomic E-state index is 12.8. The molecule has 14 heavy (non-hydrogen) atoms. The highest BCUT2D eigenvalue weighted by Gasteiger charge is 2.07. The molecule has 0 radical (unpaired) electrons. The molecule has 2 rings (SSSR count). The minimum atomic E-state index is -0.621. The van der Waals surface area contributed by atoms with Crippen LogP contribution in [0.3, 0.4) is 0 Å². The van der Waals surface area contributed by atoms with Crippen LogP contribution < -0.4 is 0 Å². The number of halogens is 3. The second-order valence-electron chi connectivity index (χ2n) is 2.53. The molecule has 0 unspecified atom stereocenters. The number of benzene rings is 1. The standard InChI is InChI=1S/C8H3F2IN2S/c9-5-1-4(2-6(10)3-5)7-12-8(11)14-13-7/h1-3H. The topological polar surface area (TPSA) is 25.8 Å². The van der Waals surface area contributed by atoms with Gasteiger partial charge in [-0.05, 0) is 46.3 Å². The van der Waals surface area contributed by atoms with Gasteiger partial charge in [0.25, 0.3) is 0 Å². The molecular formula is C8H3F2IN2S. The fourth-order valence-electron chi connectivity index (χ4n) is 1.01. The Labute approximate surface area is 96.3 Å². The highest BCUT2D eigenvalue weighted by molar-refractivity contribution is 14.1. The van der Waals surface area contributed by atoms with Crippen molar-refractivity contribution in [3.63, 3.8) is 0 Å². The van der Waals surface area contributed by atoms with Crippen molar-refractivity contribution in [2.24, 2.45) is 0 Å². The predicted octanol–water partition coefficient (Wildman–Crippen LogP) is 3.09. The van der Waals surface area contributed by atoms with Crippen LogP contribution in [0.15, 0.2) is 18.2 Å². The van der Waals surface area contributed by atoms with Crippen LogP contribution in [-0.4, -0.2) is 9.36 Å². The van der Waals surface area contributed by atoms with Crippen LogP contribution in [-0.2, 0) is 0 Å². The van der Waals surface area contributed by atoms with Gasteiger partial charge in [-0.25, -0.2) is 13.8 Å². The van der Waals surface area contributed by atoms with Gasteiger partial charge < -0.3 is 0 Å². The van der Waals surface area contributed by atoms with Crippen LogP contribution in [0.4, 0.5) is 8.78 Å². The summed E-state index contributed by atoms with van der Waals surface area (Å²) in [5.74, 6) is -0.882. The van der Waals surface area contributed by atoms with E-state index in [0.29, 0.717) is 11.4 Å². The molecule has 2 nitrogen and oxygen atoms in total. The second kappa shape index (κ2) is 3.85. The summed E-state index contributed by atoms with van der Waals surface area (Å²) in [6.07, 6.45) is 0. The number of aromatic nitrogens is 2. The van der Waals surface area contributed by atoms with E-state index in [1.54, 1.807) is 0 Å². The molecule has 6 heteroatoms. The van der Waals surface area contributed by atoms with Crippen LogP contribution in [0.2, 0.25) is 0 Å². The monoisotopic (exact) mass is 324 g/mol. The Kier molecular flexibility index (Phi) is 2.73. The summed E-state index contributed by atoms with van der Waals surface area (Å²) in [5.41, 5.74) is 0.363. The zero-order valence-electron chi connectivity index (χ0n) is 6.67. The van der Waals surface area contributed by atoms with Crippen molar-refractivity contribution < 1.29 is 8.78 Å². The maximum atomic E-state index is 12.8. The van der Waals surface area contributed by atoms with E-state index in [-0.39, 0.29) is 0 Å². The molecule has 0 bridgehead atoms. The zero-order chi connectivity index (χ0) is 10.1. The molecule has 1 aromatic carbocycles. The fourth-order valence-corrected chi connectivity index (χ4v) is 1.96. The molecule has 0 fully saturated rings. The normalized spacial score (nSPS) is 10.5. The van der Waals surface area contributed by atoms with Crippen LogP contribution in [0.1, 0.15) is 0 Å². The molecule has 0 aliphatic rings. The molecule has 0 aliphatic heterocycles. The number of hydrogen-bond donors (Lipinski definition) is 0. The third-order valence-electron chi connectivity index (χ3n) is 1.52. The van der Waals surface area contributed by atoms with E-state index in [4.69, 9.17) is 0 Å². The molecule has 1 aromatic heterocycles. The van der Waals surface area contributed by atoms with Crippen LogP contribution in [0.25, 0.3) is 11.4 Å². The smallest absolute Gasteiger partial charge is 0.174 e. The van der Waals surface area contributed by atoms with Gasteiger partial charge in [-0.1, -0.05) is 0 Å². The van der Waals surface area contributed by atoms with Gasteiger partial charge >= 0.3 is 0 Å². The number of nitrogens with zero attached hydrogens (tertiary/aromatic N) is 2. The van der Waals surface area contributed by atoms with E-state index >= 15 is 0 Å². The van der Waals surface area contributed by atoms with Gasteiger partial charge in [0.05, 0.1) is 0 Å². The van der Waals surface area contributed by atoms with Gasteiger partial charge in [-0.2, -0.15) is 4.37 Å². The molecule has 0 aliphatic carbocycles. The first-order valence-electron chi connectivity index (χ1n) is 3.61. The summed E-state index contributed by atoms with van der Waals surface area (Å²) in [6, 6.07) is 3.24. The third kappa shape index (κ3) is 2.06. The van der Waals surface area contributed by atoms with E-state index in [1.807, 2.05) is 22.6 Å². The average Bonchev–Trinajstić information content (AvgIpc) is 2.50. The van der Waals surface area contributed by atoms with Crippen LogP contribution in [0, 0.1) is 14.6 Å². The average molecular weight is 324 g/mol. The maximum Gasteiger partial charge on any atom is 0.174 e. The first-order chi connectivity index (χ1) is 6.65. The number of rotatable bonds is 1. The molecule has 0 saturated carbocycles. The Bertz CT molecular complexity index is 452. The Morgan fingerprint density at radius 1 is 1.14 bits per heavy atom. The Hall–Kier alpha value is -0.630. The van der Waals surface area contributed by atoms with Crippen molar-refractivity contribution in [1.82, 2.24) is 9.36 Å². The van der Waals surface area contributed by atoms with E-state index in [2.05, 4.69) is 9.36 Å². The summed E-state index contributed by atoms with van der Waals surface area (Å²) >= 11 is 3.19. The van der Waals surface area contributed by atoms with Crippen LogP contribution in [0.5, 0.6) is 0 Å². The van der Waals surface area contributed by atoms with E-state index in [0.717, 1.165) is 9.08 Å². The third-order valence-corrected chi connectivity index (χ3v) is 2.86. The summed E-state index contributed by atoms with van der Waals surface area (Å²) in [6.45, 7) is 0. The molecule has 72 valence electrons. The summed E-state index contributed by atoms with van der Waals surface area (Å²) < 4.78 is 30.3. The molecule has 0 atom stereocenters. The van der Waals surface area contributed by atoms with Crippen molar-refractivity contribution in [3.8, 4) is 11.4 Å². The van der Waals surface area contributed by atoms with Gasteiger partial charge in [0, 0.05) is 11.6 Å². The minimum Gasteiger partial charge on any atom is -0.209 e. The lowest BCUT2D eigenvalue weighted by Crippen LogP contribution is -1.85. The lowest BCUT2D eigenvalue weighted by atomic mass is 10.2. The Balaban J connectivity index is 2.51. The van der Waals surface area contributed by atoms with Gasteiger partial charge in [0.15, 0.2) is 8.84 Å².